The third-order valence-electron chi connectivity index (χ3n) is 5.05. The molecule has 27 heavy (non-hydrogen) atoms. The van der Waals surface area contributed by atoms with Crippen molar-refractivity contribution in [3.05, 3.63) is 52.5 Å². The van der Waals surface area contributed by atoms with Crippen molar-refractivity contribution in [2.75, 3.05) is 0 Å². The van der Waals surface area contributed by atoms with Crippen molar-refractivity contribution >= 4 is 22.8 Å². The van der Waals surface area contributed by atoms with Crippen LogP contribution in [0.15, 0.2) is 35.6 Å². The number of aromatic nitrogens is 4. The van der Waals surface area contributed by atoms with Crippen molar-refractivity contribution in [2.24, 2.45) is 4.99 Å². The summed E-state index contributed by atoms with van der Waals surface area (Å²) < 4.78 is 2.00. The van der Waals surface area contributed by atoms with E-state index in [0.717, 1.165) is 35.4 Å². The Morgan fingerprint density at radius 2 is 1.96 bits per heavy atom. The number of nitrogens with zero attached hydrogens (tertiary/aromatic N) is 4. The van der Waals surface area contributed by atoms with Gasteiger partial charge in [-0.25, -0.2) is 15.0 Å². The summed E-state index contributed by atoms with van der Waals surface area (Å²) in [4.78, 5) is 17.3. The Labute approximate surface area is 163 Å². The van der Waals surface area contributed by atoms with Crippen molar-refractivity contribution < 1.29 is 5.11 Å². The fourth-order valence-corrected chi connectivity index (χ4v) is 3.63. The second-order valence-electron chi connectivity index (χ2n) is 7.60. The summed E-state index contributed by atoms with van der Waals surface area (Å²) in [6, 6.07) is 7.75. The normalized spacial score (nSPS) is 17.3. The van der Waals surface area contributed by atoms with Crippen LogP contribution in [0.1, 0.15) is 56.8 Å². The zero-order chi connectivity index (χ0) is 19.0. The molecule has 1 aromatic carbocycles. The monoisotopic (exact) mass is 385 g/mol. The van der Waals surface area contributed by atoms with E-state index in [1.807, 2.05) is 28.8 Å². The molecule has 2 heterocycles. The Bertz CT molecular complexity index is 1010. The highest BCUT2D eigenvalue weighted by molar-refractivity contribution is 6.30. The topological polar surface area (TPSA) is 79.1 Å². The largest absolute Gasteiger partial charge is 0.369 e. The van der Waals surface area contributed by atoms with E-state index in [0.29, 0.717) is 29.9 Å². The minimum absolute atomic E-state index is 0.254. The van der Waals surface area contributed by atoms with E-state index in [-0.39, 0.29) is 5.92 Å². The number of rotatable bonds is 4. The quantitative estimate of drug-likeness (QED) is 0.717. The molecule has 6 nitrogen and oxygen atoms in total. The van der Waals surface area contributed by atoms with Gasteiger partial charge in [-0.3, -0.25) is 0 Å². The van der Waals surface area contributed by atoms with Crippen molar-refractivity contribution in [2.45, 2.75) is 57.7 Å². The Kier molecular flexibility index (Phi) is 4.78. The van der Waals surface area contributed by atoms with E-state index < -0.39 is 5.72 Å². The first-order valence-electron chi connectivity index (χ1n) is 9.41. The first-order chi connectivity index (χ1) is 12.9. The van der Waals surface area contributed by atoms with Gasteiger partial charge in [-0.05, 0) is 43.4 Å². The maximum Gasteiger partial charge on any atom is 0.179 e. The molecule has 0 aliphatic heterocycles. The lowest BCUT2D eigenvalue weighted by molar-refractivity contribution is 0.0530. The molecule has 0 spiro atoms. The highest BCUT2D eigenvalue weighted by Crippen LogP contribution is 2.30. The third kappa shape index (κ3) is 3.77. The Balaban J connectivity index is 1.82. The van der Waals surface area contributed by atoms with Crippen LogP contribution in [0, 0.1) is 0 Å². The summed E-state index contributed by atoms with van der Waals surface area (Å²) in [6.45, 7) is 4.82. The summed E-state index contributed by atoms with van der Waals surface area (Å²) in [5.74, 6) is 1.14. The fourth-order valence-electron chi connectivity index (χ4n) is 3.50. The lowest BCUT2D eigenvalue weighted by Crippen LogP contribution is -2.27. The van der Waals surface area contributed by atoms with Crippen LogP contribution in [-0.4, -0.2) is 30.4 Å². The van der Waals surface area contributed by atoms with Gasteiger partial charge in [0.25, 0.3) is 0 Å². The van der Waals surface area contributed by atoms with E-state index >= 15 is 0 Å². The average Bonchev–Trinajstić information content (AvgIpc) is 3.26. The smallest absolute Gasteiger partial charge is 0.179 e. The molecule has 0 bridgehead atoms. The molecule has 0 saturated heterocycles. The van der Waals surface area contributed by atoms with Gasteiger partial charge in [0.1, 0.15) is 11.3 Å². The molecule has 0 unspecified atom stereocenters. The van der Waals surface area contributed by atoms with Crippen LogP contribution >= 0.6 is 11.6 Å². The Morgan fingerprint density at radius 1 is 1.26 bits per heavy atom. The molecule has 2 N–H and O–H groups in total. The number of hydrogen-bond donors (Lipinski definition) is 2. The first kappa shape index (κ1) is 18.2. The zero-order valence-corrected chi connectivity index (χ0v) is 16.4. The van der Waals surface area contributed by atoms with Crippen LogP contribution in [0.4, 0.5) is 0 Å². The highest BCUT2D eigenvalue weighted by atomic mass is 35.5. The van der Waals surface area contributed by atoms with Crippen LogP contribution in [0.5, 0.6) is 0 Å². The van der Waals surface area contributed by atoms with Crippen molar-refractivity contribution in [1.29, 1.82) is 0 Å². The van der Waals surface area contributed by atoms with Gasteiger partial charge < -0.3 is 14.7 Å². The van der Waals surface area contributed by atoms with E-state index in [1.54, 1.807) is 6.33 Å². The summed E-state index contributed by atoms with van der Waals surface area (Å²) in [6.07, 6.45) is 5.10. The van der Waals surface area contributed by atoms with Gasteiger partial charge in [0, 0.05) is 10.9 Å². The summed E-state index contributed by atoms with van der Waals surface area (Å²) in [5.41, 5.74) is 2.20. The zero-order valence-electron chi connectivity index (χ0n) is 15.6. The molecule has 1 aliphatic rings. The predicted molar refractivity (Wildman–Crippen MR) is 106 cm³/mol. The molecule has 7 heteroatoms. The molecular formula is C20H24ClN5O. The molecule has 4 rings (SSSR count). The van der Waals surface area contributed by atoms with Crippen molar-refractivity contribution in [1.82, 2.24) is 19.5 Å². The van der Waals surface area contributed by atoms with E-state index in [1.165, 1.54) is 0 Å². The van der Waals surface area contributed by atoms with Crippen LogP contribution in [0.2, 0.25) is 5.02 Å². The van der Waals surface area contributed by atoms with E-state index in [2.05, 4.69) is 28.8 Å². The van der Waals surface area contributed by atoms with Gasteiger partial charge in [-0.1, -0.05) is 37.6 Å². The molecule has 0 amide bonds. The van der Waals surface area contributed by atoms with Crippen molar-refractivity contribution in [3.63, 3.8) is 0 Å². The number of aliphatic hydroxyl groups is 1. The third-order valence-corrected chi connectivity index (χ3v) is 5.30. The van der Waals surface area contributed by atoms with Gasteiger partial charge in [-0.15, -0.1) is 0 Å². The number of fused-ring (bicyclic) bond motifs is 1. The van der Waals surface area contributed by atoms with Gasteiger partial charge >= 0.3 is 0 Å². The standard InChI is InChI=1S/C20H24ClN5O/c1-13(2)17-23-16-18(25-20(27)9-3-4-10-20)22-12-26(19(16)24-17)11-14-5-7-15(21)8-6-14/h5-8,12-13,27H,3-4,9-11H2,1-2H3,(H,23,24). The van der Waals surface area contributed by atoms with Gasteiger partial charge in [0.05, 0.1) is 12.9 Å². The molecule has 1 fully saturated rings. The van der Waals surface area contributed by atoms with Gasteiger partial charge in [0.2, 0.25) is 0 Å². The molecule has 1 saturated carbocycles. The molecule has 1 aliphatic carbocycles. The maximum atomic E-state index is 10.7. The number of benzene rings is 1. The van der Waals surface area contributed by atoms with Gasteiger partial charge in [0.15, 0.2) is 16.9 Å². The first-order valence-corrected chi connectivity index (χ1v) is 9.79. The van der Waals surface area contributed by atoms with Gasteiger partial charge in [-0.2, -0.15) is 0 Å². The highest BCUT2D eigenvalue weighted by Gasteiger charge is 2.30. The molecule has 0 radical (unpaired) electrons. The minimum atomic E-state index is -1.01. The molecule has 0 atom stereocenters. The summed E-state index contributed by atoms with van der Waals surface area (Å²) in [7, 11) is 0. The number of nitrogens with one attached hydrogen (secondary N) is 1. The Hall–Kier alpha value is -2.18. The molecule has 142 valence electrons. The molecule has 3 aromatic rings. The average molecular weight is 386 g/mol. The number of imidazole rings is 1. The Morgan fingerprint density at radius 3 is 2.63 bits per heavy atom. The second-order valence-corrected chi connectivity index (χ2v) is 8.04. The molecule has 2 aromatic heterocycles. The predicted octanol–water partition coefficient (Wildman–Crippen LogP) is 3.75. The maximum absolute atomic E-state index is 10.7. The van der Waals surface area contributed by atoms with Crippen LogP contribution in [0.25, 0.3) is 11.2 Å². The summed E-state index contributed by atoms with van der Waals surface area (Å²) in [5, 5.41) is 11.4. The lowest BCUT2D eigenvalue weighted by Gasteiger charge is -2.15. The van der Waals surface area contributed by atoms with E-state index in [9.17, 15) is 5.11 Å². The minimum Gasteiger partial charge on any atom is -0.369 e. The number of halogens is 1. The number of H-pyrrole nitrogens is 1. The summed E-state index contributed by atoms with van der Waals surface area (Å²) >= 11 is 5.99. The fraction of sp³-hybridized carbons (Fsp3) is 0.450. The lowest BCUT2D eigenvalue weighted by atomic mass is 10.2. The van der Waals surface area contributed by atoms with E-state index in [4.69, 9.17) is 16.6 Å². The van der Waals surface area contributed by atoms with Crippen LogP contribution in [0.3, 0.4) is 0 Å². The molecular weight excluding hydrogens is 362 g/mol. The van der Waals surface area contributed by atoms with Crippen LogP contribution < -0.4 is 5.49 Å². The van der Waals surface area contributed by atoms with Crippen LogP contribution in [-0.2, 0) is 6.54 Å². The number of hydrogen-bond acceptors (Lipinski definition) is 4. The number of aromatic amines is 1. The second kappa shape index (κ2) is 7.09. The SMILES string of the molecule is CC(C)c1nc2c([nH]1)c(=NC1(O)CCCC1)ncn2Cc1ccc(Cl)cc1. The van der Waals surface area contributed by atoms with Crippen molar-refractivity contribution in [3.8, 4) is 0 Å².